The molecular weight excluding hydrogens is 240 g/mol. The molecule has 1 aliphatic rings. The van der Waals surface area contributed by atoms with Crippen molar-refractivity contribution in [1.29, 1.82) is 0 Å². The molecule has 17 heavy (non-hydrogen) atoms. The first-order valence-corrected chi connectivity index (χ1v) is 5.97. The van der Waals surface area contributed by atoms with E-state index < -0.39 is 0 Å². The van der Waals surface area contributed by atoms with Crippen LogP contribution in [0, 0.1) is 0 Å². The van der Waals surface area contributed by atoms with Crippen LogP contribution < -0.4 is 5.73 Å². The molecule has 1 saturated heterocycles. The van der Waals surface area contributed by atoms with E-state index in [-0.39, 0.29) is 24.4 Å². The fourth-order valence-electron chi connectivity index (χ4n) is 2.04. The van der Waals surface area contributed by atoms with Gasteiger partial charge < -0.3 is 15.4 Å². The van der Waals surface area contributed by atoms with Gasteiger partial charge >= 0.3 is 0 Å². The molecule has 1 unspecified atom stereocenters. The van der Waals surface area contributed by atoms with E-state index in [9.17, 15) is 4.79 Å². The van der Waals surface area contributed by atoms with E-state index in [0.29, 0.717) is 26.2 Å². The number of rotatable bonds is 7. The number of nitrogens with two attached hydrogens (primary N) is 1. The summed E-state index contributed by atoms with van der Waals surface area (Å²) in [5.41, 5.74) is 5.63. The van der Waals surface area contributed by atoms with Gasteiger partial charge in [0.05, 0.1) is 6.61 Å². The van der Waals surface area contributed by atoms with E-state index in [0.717, 1.165) is 25.8 Å². The SMILES string of the molecule is C=CCOCCCC(=O)N1CCCC1CN.Cl. The van der Waals surface area contributed by atoms with Crippen LogP contribution in [0.3, 0.4) is 0 Å². The summed E-state index contributed by atoms with van der Waals surface area (Å²) in [7, 11) is 0. The van der Waals surface area contributed by atoms with Gasteiger partial charge in [0.2, 0.25) is 5.91 Å². The number of hydrogen-bond donors (Lipinski definition) is 1. The Morgan fingerprint density at radius 1 is 1.59 bits per heavy atom. The highest BCUT2D eigenvalue weighted by molar-refractivity contribution is 5.85. The van der Waals surface area contributed by atoms with E-state index in [1.165, 1.54) is 0 Å². The number of carbonyl (C=O) groups is 1. The molecule has 0 aliphatic carbocycles. The average Bonchev–Trinajstić information content (AvgIpc) is 2.76. The first-order valence-electron chi connectivity index (χ1n) is 5.97. The Morgan fingerprint density at radius 2 is 2.35 bits per heavy atom. The van der Waals surface area contributed by atoms with Gasteiger partial charge in [0.1, 0.15) is 0 Å². The first-order chi connectivity index (χ1) is 7.79. The van der Waals surface area contributed by atoms with Crippen molar-refractivity contribution < 1.29 is 9.53 Å². The van der Waals surface area contributed by atoms with E-state index in [1.807, 2.05) is 4.90 Å². The number of halogens is 1. The molecule has 0 aromatic heterocycles. The van der Waals surface area contributed by atoms with Crippen molar-refractivity contribution in [3.63, 3.8) is 0 Å². The van der Waals surface area contributed by atoms with Crippen LogP contribution in [0.1, 0.15) is 25.7 Å². The van der Waals surface area contributed by atoms with Crippen molar-refractivity contribution in [3.8, 4) is 0 Å². The van der Waals surface area contributed by atoms with Crippen LogP contribution in [-0.2, 0) is 9.53 Å². The smallest absolute Gasteiger partial charge is 0.222 e. The summed E-state index contributed by atoms with van der Waals surface area (Å²) < 4.78 is 5.24. The lowest BCUT2D eigenvalue weighted by Gasteiger charge is -2.23. The lowest BCUT2D eigenvalue weighted by atomic mass is 10.2. The summed E-state index contributed by atoms with van der Waals surface area (Å²) in [5, 5.41) is 0. The maximum atomic E-state index is 11.8. The van der Waals surface area contributed by atoms with Gasteiger partial charge in [0, 0.05) is 32.2 Å². The first kappa shape index (κ1) is 16.4. The average molecular weight is 263 g/mol. The molecule has 2 N–H and O–H groups in total. The molecule has 0 spiro atoms. The minimum atomic E-state index is 0. The van der Waals surface area contributed by atoms with Crippen molar-refractivity contribution in [2.24, 2.45) is 5.73 Å². The van der Waals surface area contributed by atoms with E-state index in [4.69, 9.17) is 10.5 Å². The number of ether oxygens (including phenoxy) is 1. The molecule has 100 valence electrons. The van der Waals surface area contributed by atoms with E-state index in [1.54, 1.807) is 6.08 Å². The number of amides is 1. The molecule has 1 rings (SSSR count). The Morgan fingerprint density at radius 3 is 3.00 bits per heavy atom. The van der Waals surface area contributed by atoms with Gasteiger partial charge in [0.15, 0.2) is 0 Å². The van der Waals surface area contributed by atoms with Crippen LogP contribution in [0.5, 0.6) is 0 Å². The number of nitrogens with zero attached hydrogens (tertiary/aromatic N) is 1. The monoisotopic (exact) mass is 262 g/mol. The van der Waals surface area contributed by atoms with Gasteiger partial charge in [-0.25, -0.2) is 0 Å². The fraction of sp³-hybridized carbons (Fsp3) is 0.750. The van der Waals surface area contributed by atoms with Gasteiger partial charge in [0.25, 0.3) is 0 Å². The van der Waals surface area contributed by atoms with Crippen LogP contribution in [0.4, 0.5) is 0 Å². The molecule has 4 nitrogen and oxygen atoms in total. The van der Waals surface area contributed by atoms with Crippen LogP contribution in [-0.4, -0.2) is 43.2 Å². The van der Waals surface area contributed by atoms with Crippen molar-refractivity contribution in [1.82, 2.24) is 4.90 Å². The molecule has 1 atom stereocenters. The Labute approximate surface area is 110 Å². The highest BCUT2D eigenvalue weighted by Crippen LogP contribution is 2.17. The van der Waals surface area contributed by atoms with Crippen LogP contribution >= 0.6 is 12.4 Å². The van der Waals surface area contributed by atoms with Crippen LogP contribution in [0.2, 0.25) is 0 Å². The predicted octanol–water partition coefficient (Wildman–Crippen LogP) is 1.34. The summed E-state index contributed by atoms with van der Waals surface area (Å²) in [5.74, 6) is 0.218. The molecule has 0 aromatic rings. The Bertz CT molecular complexity index is 237. The van der Waals surface area contributed by atoms with Crippen molar-refractivity contribution in [3.05, 3.63) is 12.7 Å². The number of hydrogen-bond acceptors (Lipinski definition) is 3. The third-order valence-corrected chi connectivity index (χ3v) is 2.88. The molecular formula is C12H23ClN2O2. The Balaban J connectivity index is 0.00000256. The third-order valence-electron chi connectivity index (χ3n) is 2.88. The number of carbonyl (C=O) groups excluding carboxylic acids is 1. The van der Waals surface area contributed by atoms with E-state index >= 15 is 0 Å². The normalized spacial score (nSPS) is 18.9. The highest BCUT2D eigenvalue weighted by Gasteiger charge is 2.26. The highest BCUT2D eigenvalue weighted by atomic mass is 35.5. The molecule has 1 aliphatic heterocycles. The molecule has 0 aromatic carbocycles. The lowest BCUT2D eigenvalue weighted by molar-refractivity contribution is -0.132. The quantitative estimate of drug-likeness (QED) is 0.557. The summed E-state index contributed by atoms with van der Waals surface area (Å²) in [6.07, 6.45) is 5.19. The summed E-state index contributed by atoms with van der Waals surface area (Å²) in [6.45, 7) is 6.20. The Kier molecular flexibility index (Phi) is 9.13. The van der Waals surface area contributed by atoms with Crippen molar-refractivity contribution in [2.45, 2.75) is 31.7 Å². The third kappa shape index (κ3) is 5.52. The Hall–Kier alpha value is -0.580. The fourth-order valence-corrected chi connectivity index (χ4v) is 2.04. The maximum absolute atomic E-state index is 11.8. The number of likely N-dealkylation sites (tertiary alicyclic amines) is 1. The molecule has 0 bridgehead atoms. The second-order valence-corrected chi connectivity index (χ2v) is 4.09. The van der Waals surface area contributed by atoms with Gasteiger partial charge in [-0.3, -0.25) is 4.79 Å². The standard InChI is InChI=1S/C12H22N2O2.ClH/c1-2-8-16-9-4-6-12(15)14-7-3-5-11(14)10-13;/h2,11H,1,3-10,13H2;1H. The molecule has 1 amide bonds. The lowest BCUT2D eigenvalue weighted by Crippen LogP contribution is -2.39. The maximum Gasteiger partial charge on any atom is 0.222 e. The van der Waals surface area contributed by atoms with E-state index in [2.05, 4.69) is 6.58 Å². The topological polar surface area (TPSA) is 55.6 Å². The van der Waals surface area contributed by atoms with Gasteiger partial charge in [-0.05, 0) is 19.3 Å². The van der Waals surface area contributed by atoms with Crippen molar-refractivity contribution >= 4 is 18.3 Å². The second-order valence-electron chi connectivity index (χ2n) is 4.09. The summed E-state index contributed by atoms with van der Waals surface area (Å²) in [6, 6.07) is 0.265. The zero-order valence-electron chi connectivity index (χ0n) is 10.3. The predicted molar refractivity (Wildman–Crippen MR) is 71.3 cm³/mol. The summed E-state index contributed by atoms with van der Waals surface area (Å²) in [4.78, 5) is 13.8. The zero-order chi connectivity index (χ0) is 11.8. The molecule has 0 radical (unpaired) electrons. The molecule has 0 saturated carbocycles. The summed E-state index contributed by atoms with van der Waals surface area (Å²) >= 11 is 0. The van der Waals surface area contributed by atoms with Gasteiger partial charge in [-0.1, -0.05) is 6.08 Å². The minimum Gasteiger partial charge on any atom is -0.377 e. The van der Waals surface area contributed by atoms with Gasteiger partial charge in [-0.15, -0.1) is 19.0 Å². The molecule has 5 heteroatoms. The zero-order valence-corrected chi connectivity index (χ0v) is 11.1. The van der Waals surface area contributed by atoms with Crippen molar-refractivity contribution in [2.75, 3.05) is 26.3 Å². The minimum absolute atomic E-state index is 0. The second kappa shape index (κ2) is 9.45. The largest absolute Gasteiger partial charge is 0.377 e. The molecule has 1 heterocycles. The molecule has 1 fully saturated rings. The van der Waals surface area contributed by atoms with Crippen LogP contribution in [0.15, 0.2) is 12.7 Å². The van der Waals surface area contributed by atoms with Crippen LogP contribution in [0.25, 0.3) is 0 Å². The van der Waals surface area contributed by atoms with Gasteiger partial charge in [-0.2, -0.15) is 0 Å².